The Morgan fingerprint density at radius 3 is 1.52 bits per heavy atom. The highest BCUT2D eigenvalue weighted by Gasteiger charge is 2.08. The fourth-order valence-corrected chi connectivity index (χ4v) is 6.03. The number of rotatable bonds is 14. The Bertz CT molecular complexity index is 913. The SMILES string of the molecule is CCCCCCOc1ccc(-c2ccc(-c3ccc([Si](C)CCCCCC)cc3)cc2)cc1. The van der Waals surface area contributed by atoms with Crippen molar-refractivity contribution < 1.29 is 4.74 Å². The summed E-state index contributed by atoms with van der Waals surface area (Å²) in [5, 5.41) is 1.56. The average molecular weight is 458 g/mol. The molecule has 0 saturated carbocycles. The third kappa shape index (κ3) is 8.19. The van der Waals surface area contributed by atoms with Crippen LogP contribution >= 0.6 is 0 Å². The summed E-state index contributed by atoms with van der Waals surface area (Å²) in [6, 6.07) is 28.2. The first-order chi connectivity index (χ1) is 16.2. The molecule has 0 aromatic heterocycles. The molecule has 2 heteroatoms. The van der Waals surface area contributed by atoms with Gasteiger partial charge in [-0.1, -0.05) is 137 Å². The molecule has 0 N–H and O–H groups in total. The van der Waals surface area contributed by atoms with E-state index in [-0.39, 0.29) is 0 Å². The van der Waals surface area contributed by atoms with E-state index in [0.29, 0.717) is 0 Å². The predicted octanol–water partition coefficient (Wildman–Crippen LogP) is 8.89. The van der Waals surface area contributed by atoms with Gasteiger partial charge in [0.1, 0.15) is 5.75 Å². The molecule has 0 spiro atoms. The standard InChI is InChI=1S/C31H41OSi/c1-4-6-8-10-24-32-30-20-16-28(17-21-30)26-12-14-27(15-13-26)29-18-22-31(23-19-29)33(3)25-11-9-7-5-2/h12-23H,4-11,24-25H2,1-3H3. The topological polar surface area (TPSA) is 9.23 Å². The van der Waals surface area contributed by atoms with Gasteiger partial charge in [0.25, 0.3) is 0 Å². The number of ether oxygens (including phenoxy) is 1. The number of benzene rings is 3. The van der Waals surface area contributed by atoms with Crippen LogP contribution in [0, 0.1) is 0 Å². The molecule has 33 heavy (non-hydrogen) atoms. The van der Waals surface area contributed by atoms with Crippen LogP contribution in [0.4, 0.5) is 0 Å². The van der Waals surface area contributed by atoms with Gasteiger partial charge in [-0.2, -0.15) is 0 Å². The molecular weight excluding hydrogens is 416 g/mol. The Kier molecular flexibility index (Phi) is 10.8. The minimum atomic E-state index is -0.412. The van der Waals surface area contributed by atoms with Crippen LogP contribution in [0.3, 0.4) is 0 Å². The van der Waals surface area contributed by atoms with Gasteiger partial charge in [-0.05, 0) is 40.8 Å². The van der Waals surface area contributed by atoms with Crippen molar-refractivity contribution in [1.82, 2.24) is 0 Å². The highest BCUT2D eigenvalue weighted by molar-refractivity contribution is 6.72. The first-order valence-corrected chi connectivity index (χ1v) is 15.2. The van der Waals surface area contributed by atoms with E-state index in [1.54, 1.807) is 5.19 Å². The fraction of sp³-hybridized carbons (Fsp3) is 0.419. The minimum absolute atomic E-state index is 0.412. The molecule has 0 heterocycles. The highest BCUT2D eigenvalue weighted by Crippen LogP contribution is 2.26. The zero-order valence-corrected chi connectivity index (χ0v) is 21.9. The lowest BCUT2D eigenvalue weighted by Gasteiger charge is -2.11. The highest BCUT2D eigenvalue weighted by atomic mass is 28.3. The molecule has 0 aliphatic heterocycles. The van der Waals surface area contributed by atoms with E-state index in [2.05, 4.69) is 93.2 Å². The maximum Gasteiger partial charge on any atom is 0.119 e. The third-order valence-corrected chi connectivity index (χ3v) is 8.88. The van der Waals surface area contributed by atoms with Gasteiger partial charge >= 0.3 is 0 Å². The maximum atomic E-state index is 5.88. The van der Waals surface area contributed by atoms with E-state index in [4.69, 9.17) is 4.74 Å². The van der Waals surface area contributed by atoms with Gasteiger partial charge in [0.15, 0.2) is 0 Å². The van der Waals surface area contributed by atoms with Crippen LogP contribution in [0.1, 0.15) is 65.2 Å². The van der Waals surface area contributed by atoms with Crippen LogP contribution < -0.4 is 9.92 Å². The van der Waals surface area contributed by atoms with Gasteiger partial charge < -0.3 is 4.74 Å². The summed E-state index contributed by atoms with van der Waals surface area (Å²) in [6.07, 6.45) is 10.4. The zero-order valence-electron chi connectivity index (χ0n) is 20.9. The second kappa shape index (κ2) is 14.1. The average Bonchev–Trinajstić information content (AvgIpc) is 2.87. The monoisotopic (exact) mass is 457 g/mol. The first kappa shape index (κ1) is 25.3. The van der Waals surface area contributed by atoms with Crippen molar-refractivity contribution in [2.75, 3.05) is 6.61 Å². The van der Waals surface area contributed by atoms with Crippen molar-refractivity contribution >= 4 is 14.0 Å². The molecule has 0 amide bonds. The number of unbranched alkanes of at least 4 members (excludes halogenated alkanes) is 6. The van der Waals surface area contributed by atoms with Crippen LogP contribution in [-0.2, 0) is 0 Å². The van der Waals surface area contributed by atoms with Gasteiger partial charge in [-0.25, -0.2) is 0 Å². The van der Waals surface area contributed by atoms with Crippen molar-refractivity contribution in [2.24, 2.45) is 0 Å². The molecule has 175 valence electrons. The lowest BCUT2D eigenvalue weighted by molar-refractivity contribution is 0.305. The van der Waals surface area contributed by atoms with Crippen LogP contribution in [0.15, 0.2) is 72.8 Å². The lowest BCUT2D eigenvalue weighted by atomic mass is 10.0. The van der Waals surface area contributed by atoms with E-state index in [1.165, 1.54) is 73.2 Å². The van der Waals surface area contributed by atoms with Crippen molar-refractivity contribution in [1.29, 1.82) is 0 Å². The molecule has 0 aliphatic carbocycles. The molecule has 0 atom stereocenters. The van der Waals surface area contributed by atoms with Crippen LogP contribution in [0.5, 0.6) is 5.75 Å². The van der Waals surface area contributed by atoms with E-state index in [9.17, 15) is 0 Å². The normalized spacial score (nSPS) is 11.2. The molecule has 0 fully saturated rings. The van der Waals surface area contributed by atoms with Crippen molar-refractivity contribution in [3.63, 3.8) is 0 Å². The van der Waals surface area contributed by atoms with Crippen LogP contribution in [-0.4, -0.2) is 15.4 Å². The van der Waals surface area contributed by atoms with Crippen molar-refractivity contribution in [3.8, 4) is 28.0 Å². The van der Waals surface area contributed by atoms with Crippen LogP contribution in [0.25, 0.3) is 22.3 Å². The number of hydrogen-bond acceptors (Lipinski definition) is 1. The molecule has 1 nitrogen and oxygen atoms in total. The summed E-state index contributed by atoms with van der Waals surface area (Å²) < 4.78 is 5.88. The molecule has 3 aromatic carbocycles. The Morgan fingerprint density at radius 1 is 0.545 bits per heavy atom. The number of hydrogen-bond donors (Lipinski definition) is 0. The van der Waals surface area contributed by atoms with E-state index in [1.807, 2.05) is 0 Å². The zero-order chi connectivity index (χ0) is 23.3. The quantitative estimate of drug-likeness (QED) is 0.173. The Balaban J connectivity index is 1.54. The van der Waals surface area contributed by atoms with Crippen molar-refractivity contribution in [2.45, 2.75) is 77.8 Å². The van der Waals surface area contributed by atoms with E-state index in [0.717, 1.165) is 18.8 Å². The summed E-state index contributed by atoms with van der Waals surface area (Å²) in [4.78, 5) is 0. The maximum absolute atomic E-state index is 5.88. The first-order valence-electron chi connectivity index (χ1n) is 13.0. The van der Waals surface area contributed by atoms with E-state index >= 15 is 0 Å². The minimum Gasteiger partial charge on any atom is -0.494 e. The second-order valence-electron chi connectivity index (χ2n) is 9.18. The molecule has 1 radical (unpaired) electrons. The summed E-state index contributed by atoms with van der Waals surface area (Å²) in [6.45, 7) is 7.79. The largest absolute Gasteiger partial charge is 0.494 e. The molecule has 0 unspecified atom stereocenters. The van der Waals surface area contributed by atoms with Crippen LogP contribution in [0.2, 0.25) is 12.6 Å². The molecule has 0 aliphatic rings. The summed E-state index contributed by atoms with van der Waals surface area (Å²) in [7, 11) is -0.412. The summed E-state index contributed by atoms with van der Waals surface area (Å²) >= 11 is 0. The molecule has 0 saturated heterocycles. The molecular formula is C31H41OSi. The van der Waals surface area contributed by atoms with Gasteiger partial charge in [0.05, 0.1) is 15.4 Å². The van der Waals surface area contributed by atoms with Gasteiger partial charge in [0.2, 0.25) is 0 Å². The van der Waals surface area contributed by atoms with Crippen molar-refractivity contribution in [3.05, 3.63) is 72.8 Å². The Hall–Kier alpha value is -2.32. The summed E-state index contributed by atoms with van der Waals surface area (Å²) in [5.74, 6) is 0.967. The molecule has 3 aromatic rings. The van der Waals surface area contributed by atoms with Gasteiger partial charge in [0, 0.05) is 0 Å². The summed E-state index contributed by atoms with van der Waals surface area (Å²) in [5.41, 5.74) is 5.07. The second-order valence-corrected chi connectivity index (χ2v) is 11.8. The Labute approximate surface area is 203 Å². The molecule has 3 rings (SSSR count). The van der Waals surface area contributed by atoms with Gasteiger partial charge in [-0.15, -0.1) is 0 Å². The smallest absolute Gasteiger partial charge is 0.119 e. The lowest BCUT2D eigenvalue weighted by Crippen LogP contribution is -2.25. The van der Waals surface area contributed by atoms with Gasteiger partial charge in [-0.3, -0.25) is 0 Å². The fourth-order valence-electron chi connectivity index (χ4n) is 4.23. The third-order valence-electron chi connectivity index (χ3n) is 6.46. The van der Waals surface area contributed by atoms with E-state index < -0.39 is 8.80 Å². The predicted molar refractivity (Wildman–Crippen MR) is 147 cm³/mol. The Morgan fingerprint density at radius 2 is 1.00 bits per heavy atom. The molecule has 0 bridgehead atoms.